The van der Waals surface area contributed by atoms with Gasteiger partial charge < -0.3 is 14.4 Å². The normalized spacial score (nSPS) is 11.0. The van der Waals surface area contributed by atoms with Crippen molar-refractivity contribution in [1.29, 1.82) is 0 Å². The SMILES string of the molecule is Cc1ccc(-c2noc(-c3nnc(SCC(=O)Nc4ccc(C)c(C)c4)n3C)n2)cc1. The number of nitrogens with one attached hydrogen (secondary N) is 1. The lowest BCUT2D eigenvalue weighted by molar-refractivity contribution is -0.113. The summed E-state index contributed by atoms with van der Waals surface area (Å²) < 4.78 is 7.12. The Morgan fingerprint density at radius 1 is 1.06 bits per heavy atom. The molecule has 1 amide bonds. The second kappa shape index (κ2) is 8.73. The average molecular weight is 435 g/mol. The van der Waals surface area contributed by atoms with Crippen LogP contribution in [-0.2, 0) is 11.8 Å². The molecule has 0 aliphatic heterocycles. The Morgan fingerprint density at radius 3 is 2.58 bits per heavy atom. The Balaban J connectivity index is 1.42. The van der Waals surface area contributed by atoms with Crippen molar-refractivity contribution in [3.63, 3.8) is 0 Å². The summed E-state index contributed by atoms with van der Waals surface area (Å²) in [5.41, 5.74) is 5.12. The number of anilines is 1. The van der Waals surface area contributed by atoms with Gasteiger partial charge >= 0.3 is 0 Å². The Kier molecular flexibility index (Phi) is 5.85. The highest BCUT2D eigenvalue weighted by molar-refractivity contribution is 7.99. The topological polar surface area (TPSA) is 98.7 Å². The minimum Gasteiger partial charge on any atom is -0.330 e. The second-order valence-electron chi connectivity index (χ2n) is 7.29. The maximum absolute atomic E-state index is 12.3. The number of benzene rings is 2. The van der Waals surface area contributed by atoms with E-state index in [1.807, 2.05) is 63.2 Å². The van der Waals surface area contributed by atoms with E-state index in [2.05, 4.69) is 25.7 Å². The summed E-state index contributed by atoms with van der Waals surface area (Å²) in [4.78, 5) is 16.8. The molecule has 0 saturated carbocycles. The summed E-state index contributed by atoms with van der Waals surface area (Å²) in [5, 5.41) is 15.8. The summed E-state index contributed by atoms with van der Waals surface area (Å²) >= 11 is 1.29. The fourth-order valence-electron chi connectivity index (χ4n) is 2.91. The van der Waals surface area contributed by atoms with E-state index >= 15 is 0 Å². The highest BCUT2D eigenvalue weighted by Gasteiger charge is 2.19. The third kappa shape index (κ3) is 4.66. The standard InChI is InChI=1S/C22H22N6O2S/c1-13-5-8-16(9-6-13)19-24-21(30-27-19)20-25-26-22(28(20)4)31-12-18(29)23-17-10-7-14(2)15(3)11-17/h5-11H,12H2,1-4H3,(H,23,29). The van der Waals surface area contributed by atoms with E-state index in [-0.39, 0.29) is 17.6 Å². The molecule has 4 rings (SSSR count). The summed E-state index contributed by atoms with van der Waals surface area (Å²) in [6.45, 7) is 6.07. The Morgan fingerprint density at radius 2 is 1.84 bits per heavy atom. The number of hydrogen-bond acceptors (Lipinski definition) is 7. The summed E-state index contributed by atoms with van der Waals surface area (Å²) in [7, 11) is 1.80. The van der Waals surface area contributed by atoms with Crippen LogP contribution in [0.25, 0.3) is 23.1 Å². The number of thioether (sulfide) groups is 1. The van der Waals surface area contributed by atoms with Crippen LogP contribution in [-0.4, -0.2) is 36.6 Å². The van der Waals surface area contributed by atoms with E-state index in [0.29, 0.717) is 16.8 Å². The smallest absolute Gasteiger partial charge is 0.296 e. The van der Waals surface area contributed by atoms with Crippen LogP contribution in [0.3, 0.4) is 0 Å². The van der Waals surface area contributed by atoms with Crippen LogP contribution in [0.4, 0.5) is 5.69 Å². The highest BCUT2D eigenvalue weighted by Crippen LogP contribution is 2.24. The Hall–Kier alpha value is -3.46. The first-order valence-corrected chi connectivity index (χ1v) is 10.7. The number of hydrogen-bond donors (Lipinski definition) is 1. The molecular weight excluding hydrogens is 412 g/mol. The summed E-state index contributed by atoms with van der Waals surface area (Å²) in [5.74, 6) is 1.30. The highest BCUT2D eigenvalue weighted by atomic mass is 32.2. The maximum Gasteiger partial charge on any atom is 0.296 e. The molecule has 0 aliphatic carbocycles. The summed E-state index contributed by atoms with van der Waals surface area (Å²) in [6, 6.07) is 13.7. The molecule has 31 heavy (non-hydrogen) atoms. The van der Waals surface area contributed by atoms with E-state index < -0.39 is 0 Å². The first-order chi connectivity index (χ1) is 14.9. The van der Waals surface area contributed by atoms with E-state index in [1.165, 1.54) is 17.3 Å². The van der Waals surface area contributed by atoms with Crippen molar-refractivity contribution in [2.75, 3.05) is 11.1 Å². The van der Waals surface area contributed by atoms with Gasteiger partial charge in [0.05, 0.1) is 5.75 Å². The fourth-order valence-corrected chi connectivity index (χ4v) is 3.62. The molecule has 0 radical (unpaired) electrons. The Bertz CT molecular complexity index is 1230. The van der Waals surface area contributed by atoms with Crippen molar-refractivity contribution in [1.82, 2.24) is 24.9 Å². The number of carbonyl (C=O) groups is 1. The van der Waals surface area contributed by atoms with Gasteiger partial charge in [-0.15, -0.1) is 10.2 Å². The molecule has 0 saturated heterocycles. The van der Waals surface area contributed by atoms with Crippen molar-refractivity contribution in [2.24, 2.45) is 7.05 Å². The molecule has 2 aromatic heterocycles. The van der Waals surface area contributed by atoms with E-state index in [0.717, 1.165) is 22.4 Å². The maximum atomic E-state index is 12.3. The van der Waals surface area contributed by atoms with Crippen LogP contribution < -0.4 is 5.32 Å². The first kappa shape index (κ1) is 20.8. The quantitative estimate of drug-likeness (QED) is 0.454. The molecule has 1 N–H and O–H groups in total. The molecule has 0 atom stereocenters. The number of carbonyl (C=O) groups excluding carboxylic acids is 1. The van der Waals surface area contributed by atoms with Gasteiger partial charge in [-0.3, -0.25) is 4.79 Å². The second-order valence-corrected chi connectivity index (χ2v) is 8.23. The molecule has 9 heteroatoms. The van der Waals surface area contributed by atoms with Crippen molar-refractivity contribution in [3.8, 4) is 23.1 Å². The Labute approximate surface area is 184 Å². The van der Waals surface area contributed by atoms with Gasteiger partial charge in [-0.2, -0.15) is 4.98 Å². The van der Waals surface area contributed by atoms with Gasteiger partial charge in [0.25, 0.3) is 5.89 Å². The van der Waals surface area contributed by atoms with Crippen molar-refractivity contribution in [3.05, 3.63) is 59.2 Å². The van der Waals surface area contributed by atoms with Gasteiger partial charge in [-0.25, -0.2) is 0 Å². The number of nitrogens with zero attached hydrogens (tertiary/aromatic N) is 5. The van der Waals surface area contributed by atoms with Gasteiger partial charge in [-0.05, 0) is 44.0 Å². The monoisotopic (exact) mass is 434 g/mol. The minimum absolute atomic E-state index is 0.114. The van der Waals surface area contributed by atoms with Crippen LogP contribution in [0.15, 0.2) is 52.1 Å². The molecular formula is C22H22N6O2S. The van der Waals surface area contributed by atoms with Gasteiger partial charge in [0.1, 0.15) is 0 Å². The molecule has 0 spiro atoms. The molecule has 4 aromatic rings. The van der Waals surface area contributed by atoms with Gasteiger partial charge in [-0.1, -0.05) is 52.8 Å². The largest absolute Gasteiger partial charge is 0.330 e. The average Bonchev–Trinajstić information content (AvgIpc) is 3.36. The lowest BCUT2D eigenvalue weighted by Crippen LogP contribution is -2.14. The van der Waals surface area contributed by atoms with Crippen LogP contribution in [0, 0.1) is 20.8 Å². The first-order valence-electron chi connectivity index (χ1n) is 9.71. The van der Waals surface area contributed by atoms with E-state index in [1.54, 1.807) is 11.6 Å². The van der Waals surface area contributed by atoms with Gasteiger partial charge in [0.15, 0.2) is 5.16 Å². The molecule has 0 fully saturated rings. The third-order valence-electron chi connectivity index (χ3n) is 4.89. The van der Waals surface area contributed by atoms with E-state index in [9.17, 15) is 4.79 Å². The van der Waals surface area contributed by atoms with Crippen LogP contribution in [0.5, 0.6) is 0 Å². The van der Waals surface area contributed by atoms with Gasteiger partial charge in [0.2, 0.25) is 17.6 Å². The third-order valence-corrected chi connectivity index (χ3v) is 5.91. The van der Waals surface area contributed by atoms with Crippen molar-refractivity contribution < 1.29 is 9.32 Å². The molecule has 0 unspecified atom stereocenters. The van der Waals surface area contributed by atoms with Crippen molar-refractivity contribution >= 4 is 23.4 Å². The van der Waals surface area contributed by atoms with Crippen LogP contribution >= 0.6 is 11.8 Å². The molecule has 0 aliphatic rings. The number of aromatic nitrogens is 5. The van der Waals surface area contributed by atoms with Crippen molar-refractivity contribution in [2.45, 2.75) is 25.9 Å². The molecule has 8 nitrogen and oxygen atoms in total. The van der Waals surface area contributed by atoms with Crippen LogP contribution in [0.1, 0.15) is 16.7 Å². The molecule has 0 bridgehead atoms. The zero-order valence-corrected chi connectivity index (χ0v) is 18.5. The molecule has 2 heterocycles. The lowest BCUT2D eigenvalue weighted by Gasteiger charge is -2.07. The molecule has 2 aromatic carbocycles. The summed E-state index contributed by atoms with van der Waals surface area (Å²) in [6.07, 6.45) is 0. The fraction of sp³-hybridized carbons (Fsp3) is 0.227. The minimum atomic E-state index is -0.114. The molecule has 158 valence electrons. The zero-order valence-electron chi connectivity index (χ0n) is 17.7. The lowest BCUT2D eigenvalue weighted by atomic mass is 10.1. The zero-order chi connectivity index (χ0) is 22.0. The van der Waals surface area contributed by atoms with Gasteiger partial charge in [0, 0.05) is 18.3 Å². The predicted octanol–water partition coefficient (Wildman–Crippen LogP) is 4.19. The number of amides is 1. The van der Waals surface area contributed by atoms with E-state index in [4.69, 9.17) is 4.52 Å². The predicted molar refractivity (Wildman–Crippen MR) is 120 cm³/mol. The number of aryl methyl sites for hydroxylation is 3. The number of rotatable bonds is 6. The van der Waals surface area contributed by atoms with Crippen LogP contribution in [0.2, 0.25) is 0 Å².